The van der Waals surface area contributed by atoms with Crippen molar-refractivity contribution >= 4 is 56.4 Å². The van der Waals surface area contributed by atoms with Crippen molar-refractivity contribution in [3.63, 3.8) is 0 Å². The van der Waals surface area contributed by atoms with Crippen molar-refractivity contribution in [1.29, 1.82) is 0 Å². The van der Waals surface area contributed by atoms with Crippen LogP contribution in [-0.4, -0.2) is 36.4 Å². The molecule has 27 heavy (non-hydrogen) atoms. The third kappa shape index (κ3) is 4.83. The Morgan fingerprint density at radius 1 is 1.37 bits per heavy atom. The van der Waals surface area contributed by atoms with E-state index in [9.17, 15) is 9.59 Å². The van der Waals surface area contributed by atoms with Crippen LogP contribution in [0.1, 0.15) is 29.4 Å². The third-order valence-corrected chi connectivity index (χ3v) is 6.10. The molecule has 1 N–H and O–H groups in total. The fraction of sp³-hybridized carbons (Fsp3) is 0.368. The van der Waals surface area contributed by atoms with E-state index < -0.39 is 0 Å². The Bertz CT molecular complexity index is 821. The average molecular weight is 472 g/mol. The highest BCUT2D eigenvalue weighted by Gasteiger charge is 2.28. The summed E-state index contributed by atoms with van der Waals surface area (Å²) in [6.07, 6.45) is 1.27. The molecular formula is C19H20BrClN2O3S. The highest BCUT2D eigenvalue weighted by Crippen LogP contribution is 2.37. The molecule has 0 radical (unpaired) electrons. The molecule has 0 atom stereocenters. The first-order chi connectivity index (χ1) is 13.0. The number of halogens is 2. The molecule has 2 heterocycles. The van der Waals surface area contributed by atoms with E-state index in [1.807, 2.05) is 29.3 Å². The second-order valence-electron chi connectivity index (χ2n) is 6.23. The Kier molecular flexibility index (Phi) is 6.78. The lowest BCUT2D eigenvalue weighted by atomic mass is 9.95. The summed E-state index contributed by atoms with van der Waals surface area (Å²) in [6.45, 7) is 3.51. The number of amides is 2. The molecule has 5 nitrogen and oxygen atoms in total. The van der Waals surface area contributed by atoms with Crippen LogP contribution < -0.4 is 10.1 Å². The molecule has 144 valence electrons. The largest absolute Gasteiger partial charge is 0.491 e. The highest BCUT2D eigenvalue weighted by atomic mass is 79.9. The van der Waals surface area contributed by atoms with Gasteiger partial charge in [-0.25, -0.2) is 0 Å². The smallest absolute Gasteiger partial charge is 0.263 e. The van der Waals surface area contributed by atoms with E-state index >= 15 is 0 Å². The van der Waals surface area contributed by atoms with Crippen molar-refractivity contribution < 1.29 is 14.3 Å². The van der Waals surface area contributed by atoms with Crippen LogP contribution in [0.25, 0.3) is 0 Å². The fourth-order valence-corrected chi connectivity index (χ4v) is 4.70. The summed E-state index contributed by atoms with van der Waals surface area (Å²) >= 11 is 11.0. The van der Waals surface area contributed by atoms with Gasteiger partial charge < -0.3 is 15.0 Å². The number of piperidine rings is 1. The SMILES string of the molecule is CCOc1c(Br)cc(Cl)cc1NC(=O)C1CCN(C(=O)c2cccs2)CC1. The van der Waals surface area contributed by atoms with Crippen LogP contribution in [0.2, 0.25) is 5.02 Å². The van der Waals surface area contributed by atoms with Crippen molar-refractivity contribution in [2.45, 2.75) is 19.8 Å². The number of likely N-dealkylation sites (tertiary alicyclic amines) is 1. The molecule has 0 saturated carbocycles. The first kappa shape index (κ1) is 20.2. The van der Waals surface area contributed by atoms with E-state index in [2.05, 4.69) is 21.2 Å². The Balaban J connectivity index is 1.63. The minimum absolute atomic E-state index is 0.0428. The molecule has 1 aromatic heterocycles. The van der Waals surface area contributed by atoms with Crippen LogP contribution in [0.4, 0.5) is 5.69 Å². The quantitative estimate of drug-likeness (QED) is 0.663. The molecule has 1 aromatic carbocycles. The third-order valence-electron chi connectivity index (χ3n) is 4.44. The second-order valence-corrected chi connectivity index (χ2v) is 8.47. The van der Waals surface area contributed by atoms with Crippen LogP contribution in [0, 0.1) is 5.92 Å². The molecule has 0 spiro atoms. The number of hydrogen-bond acceptors (Lipinski definition) is 4. The van der Waals surface area contributed by atoms with Crippen molar-refractivity contribution in [2.24, 2.45) is 5.92 Å². The lowest BCUT2D eigenvalue weighted by Gasteiger charge is -2.31. The predicted molar refractivity (Wildman–Crippen MR) is 112 cm³/mol. The average Bonchev–Trinajstić information content (AvgIpc) is 3.18. The van der Waals surface area contributed by atoms with Gasteiger partial charge in [-0.2, -0.15) is 0 Å². The number of carbonyl (C=O) groups excluding carboxylic acids is 2. The fourth-order valence-electron chi connectivity index (χ4n) is 3.08. The summed E-state index contributed by atoms with van der Waals surface area (Å²) in [4.78, 5) is 27.7. The monoisotopic (exact) mass is 470 g/mol. The van der Waals surface area contributed by atoms with E-state index in [0.717, 1.165) is 4.88 Å². The van der Waals surface area contributed by atoms with Gasteiger partial charge >= 0.3 is 0 Å². The topological polar surface area (TPSA) is 58.6 Å². The van der Waals surface area contributed by atoms with Gasteiger partial charge in [0.1, 0.15) is 0 Å². The maximum atomic E-state index is 12.7. The number of thiophene rings is 1. The van der Waals surface area contributed by atoms with E-state index in [1.54, 1.807) is 12.1 Å². The highest BCUT2D eigenvalue weighted by molar-refractivity contribution is 9.10. The number of hydrogen-bond donors (Lipinski definition) is 1. The lowest BCUT2D eigenvalue weighted by molar-refractivity contribution is -0.121. The van der Waals surface area contributed by atoms with Crippen LogP contribution >= 0.6 is 38.9 Å². The van der Waals surface area contributed by atoms with Crippen LogP contribution in [-0.2, 0) is 4.79 Å². The summed E-state index contributed by atoms with van der Waals surface area (Å²) in [5.41, 5.74) is 0.554. The van der Waals surface area contributed by atoms with Gasteiger partial charge in [0.2, 0.25) is 5.91 Å². The zero-order valence-corrected chi connectivity index (χ0v) is 18.0. The lowest BCUT2D eigenvalue weighted by Crippen LogP contribution is -2.41. The molecule has 2 aromatic rings. The molecule has 3 rings (SSSR count). The zero-order chi connectivity index (χ0) is 19.4. The maximum Gasteiger partial charge on any atom is 0.263 e. The van der Waals surface area contributed by atoms with E-state index in [4.69, 9.17) is 16.3 Å². The predicted octanol–water partition coefficient (Wildman–Crippen LogP) is 5.05. The number of carbonyl (C=O) groups is 2. The number of rotatable bonds is 5. The van der Waals surface area contributed by atoms with Gasteiger partial charge in [0.15, 0.2) is 5.75 Å². The van der Waals surface area contributed by atoms with Crippen LogP contribution in [0.3, 0.4) is 0 Å². The summed E-state index contributed by atoms with van der Waals surface area (Å²) in [5, 5.41) is 5.35. The molecule has 8 heteroatoms. The van der Waals surface area contributed by atoms with E-state index in [-0.39, 0.29) is 17.7 Å². The van der Waals surface area contributed by atoms with E-state index in [1.165, 1.54) is 11.3 Å². The van der Waals surface area contributed by atoms with Gasteiger partial charge in [0.25, 0.3) is 5.91 Å². The van der Waals surface area contributed by atoms with E-state index in [0.29, 0.717) is 53.5 Å². The molecule has 0 aliphatic carbocycles. The molecule has 2 amide bonds. The van der Waals surface area contributed by atoms with Gasteiger partial charge in [-0.05, 0) is 59.3 Å². The van der Waals surface area contributed by atoms with Crippen LogP contribution in [0.15, 0.2) is 34.1 Å². The van der Waals surface area contributed by atoms with Crippen molar-refractivity contribution in [3.05, 3.63) is 44.0 Å². The molecule has 1 aliphatic heterocycles. The Morgan fingerprint density at radius 2 is 2.11 bits per heavy atom. The number of nitrogens with zero attached hydrogens (tertiary/aromatic N) is 1. The molecule has 0 bridgehead atoms. The number of anilines is 1. The summed E-state index contributed by atoms with van der Waals surface area (Å²) in [5.74, 6) is 0.389. The molecule has 1 saturated heterocycles. The van der Waals surface area contributed by atoms with Crippen LogP contribution in [0.5, 0.6) is 5.75 Å². The Hall–Kier alpha value is -1.57. The first-order valence-corrected chi connectivity index (χ1v) is 10.8. The normalized spacial score (nSPS) is 14.9. The van der Waals surface area contributed by atoms with Crippen molar-refractivity contribution in [3.8, 4) is 5.75 Å². The second kappa shape index (κ2) is 9.08. The van der Waals surface area contributed by atoms with Crippen molar-refractivity contribution in [2.75, 3.05) is 25.0 Å². The minimum atomic E-state index is -0.149. The first-order valence-electron chi connectivity index (χ1n) is 8.75. The summed E-state index contributed by atoms with van der Waals surface area (Å²) in [6, 6.07) is 7.12. The van der Waals surface area contributed by atoms with Gasteiger partial charge in [-0.15, -0.1) is 11.3 Å². The number of nitrogens with one attached hydrogen (secondary N) is 1. The number of benzene rings is 1. The molecule has 0 unspecified atom stereocenters. The van der Waals surface area contributed by atoms with Gasteiger partial charge in [-0.3, -0.25) is 9.59 Å². The molecule has 1 aliphatic rings. The molecule has 1 fully saturated rings. The summed E-state index contributed by atoms with van der Waals surface area (Å²) in [7, 11) is 0. The Labute approximate surface area is 175 Å². The molecular weight excluding hydrogens is 452 g/mol. The van der Waals surface area contributed by atoms with Gasteiger partial charge in [0, 0.05) is 24.0 Å². The summed E-state index contributed by atoms with van der Waals surface area (Å²) < 4.78 is 6.33. The van der Waals surface area contributed by atoms with Gasteiger partial charge in [0.05, 0.1) is 21.6 Å². The van der Waals surface area contributed by atoms with Crippen molar-refractivity contribution in [1.82, 2.24) is 4.90 Å². The minimum Gasteiger partial charge on any atom is -0.491 e. The zero-order valence-electron chi connectivity index (χ0n) is 14.8. The van der Waals surface area contributed by atoms with Gasteiger partial charge in [-0.1, -0.05) is 17.7 Å². The maximum absolute atomic E-state index is 12.7. The Morgan fingerprint density at radius 3 is 2.74 bits per heavy atom. The standard InChI is InChI=1S/C19H20BrClN2O3S/c1-2-26-17-14(20)10-13(21)11-15(17)22-18(24)12-5-7-23(8-6-12)19(25)16-4-3-9-27-16/h3-4,9-12H,2,5-8H2,1H3,(H,22,24). The number of ether oxygens (including phenoxy) is 1.